The molecule has 0 amide bonds. The highest BCUT2D eigenvalue weighted by atomic mass is 79.9. The van der Waals surface area contributed by atoms with Crippen LogP contribution in [0.4, 0.5) is 5.69 Å². The lowest BCUT2D eigenvalue weighted by Crippen LogP contribution is -2.10. The molecule has 7 heteroatoms. The fraction of sp³-hybridized carbons (Fsp3) is 0.312. The van der Waals surface area contributed by atoms with Crippen molar-refractivity contribution in [3.05, 3.63) is 45.5 Å². The van der Waals surface area contributed by atoms with E-state index in [0.717, 1.165) is 27.0 Å². The molecule has 0 radical (unpaired) electrons. The average molecular weight is 376 g/mol. The van der Waals surface area contributed by atoms with Crippen LogP contribution in [0, 0.1) is 20.8 Å². The monoisotopic (exact) mass is 375 g/mol. The van der Waals surface area contributed by atoms with Crippen LogP contribution in [0.25, 0.3) is 11.4 Å². The fourth-order valence-corrected chi connectivity index (χ4v) is 2.80. The van der Waals surface area contributed by atoms with Gasteiger partial charge in [0.15, 0.2) is 0 Å². The minimum Gasteiger partial charge on any atom is -0.398 e. The van der Waals surface area contributed by atoms with Crippen molar-refractivity contribution in [1.29, 1.82) is 0 Å². The van der Waals surface area contributed by atoms with Crippen LogP contribution in [0.3, 0.4) is 0 Å². The van der Waals surface area contributed by atoms with E-state index in [0.29, 0.717) is 17.4 Å². The Bertz CT molecular complexity index is 867. The average Bonchev–Trinajstić information content (AvgIpc) is 3.11. The highest BCUT2D eigenvalue weighted by Gasteiger charge is 2.22. The molecule has 3 aromatic rings. The fourth-order valence-electron chi connectivity index (χ4n) is 2.53. The number of hydrogen-bond donors (Lipinski definition) is 1. The van der Waals surface area contributed by atoms with Crippen LogP contribution in [-0.4, -0.2) is 19.9 Å². The van der Waals surface area contributed by atoms with Gasteiger partial charge in [-0.1, -0.05) is 17.3 Å². The van der Waals surface area contributed by atoms with Gasteiger partial charge in [0, 0.05) is 11.3 Å². The number of halogens is 1. The first-order valence-electron chi connectivity index (χ1n) is 7.30. The zero-order chi connectivity index (χ0) is 16.7. The Morgan fingerprint density at radius 1 is 1.26 bits per heavy atom. The van der Waals surface area contributed by atoms with Gasteiger partial charge in [-0.3, -0.25) is 4.68 Å². The molecule has 1 unspecified atom stereocenters. The highest BCUT2D eigenvalue weighted by Crippen LogP contribution is 2.28. The largest absolute Gasteiger partial charge is 0.398 e. The molecule has 0 aliphatic carbocycles. The van der Waals surface area contributed by atoms with Gasteiger partial charge in [0.05, 0.1) is 15.9 Å². The maximum atomic E-state index is 5.95. The number of nitrogen functional groups attached to an aromatic ring is 1. The first-order valence-corrected chi connectivity index (χ1v) is 8.09. The Balaban J connectivity index is 1.98. The second-order valence-corrected chi connectivity index (χ2v) is 6.37. The molecule has 120 valence electrons. The molecular formula is C16H18BrN5O. The van der Waals surface area contributed by atoms with Crippen molar-refractivity contribution in [2.75, 3.05) is 5.73 Å². The Morgan fingerprint density at radius 3 is 2.65 bits per heavy atom. The molecule has 1 atom stereocenters. The lowest BCUT2D eigenvalue weighted by molar-refractivity contribution is 0.334. The molecular weight excluding hydrogens is 358 g/mol. The number of anilines is 1. The maximum absolute atomic E-state index is 5.95. The molecule has 0 saturated heterocycles. The summed E-state index contributed by atoms with van der Waals surface area (Å²) in [5.41, 5.74) is 10.4. The van der Waals surface area contributed by atoms with Gasteiger partial charge >= 0.3 is 0 Å². The summed E-state index contributed by atoms with van der Waals surface area (Å²) >= 11 is 3.54. The summed E-state index contributed by atoms with van der Waals surface area (Å²) in [6.07, 6.45) is 0. The normalized spacial score (nSPS) is 12.6. The molecule has 0 bridgehead atoms. The molecule has 2 N–H and O–H groups in total. The van der Waals surface area contributed by atoms with Gasteiger partial charge in [-0.25, -0.2) is 0 Å². The van der Waals surface area contributed by atoms with Crippen molar-refractivity contribution < 1.29 is 4.52 Å². The van der Waals surface area contributed by atoms with E-state index in [1.807, 2.05) is 50.6 Å². The molecule has 23 heavy (non-hydrogen) atoms. The van der Waals surface area contributed by atoms with Gasteiger partial charge in [-0.15, -0.1) is 0 Å². The zero-order valence-corrected chi connectivity index (χ0v) is 15.0. The molecule has 3 rings (SSSR count). The predicted octanol–water partition coefficient (Wildman–Crippen LogP) is 3.81. The maximum Gasteiger partial charge on any atom is 0.251 e. The van der Waals surface area contributed by atoms with E-state index in [2.05, 4.69) is 31.2 Å². The third-order valence-corrected chi connectivity index (χ3v) is 5.17. The Hall–Kier alpha value is -2.15. The number of aromatic nitrogens is 4. The van der Waals surface area contributed by atoms with Gasteiger partial charge in [-0.05, 0) is 55.3 Å². The van der Waals surface area contributed by atoms with Gasteiger partial charge in [0.2, 0.25) is 5.82 Å². The number of benzene rings is 1. The molecule has 0 aliphatic heterocycles. The van der Waals surface area contributed by atoms with Crippen LogP contribution in [0.5, 0.6) is 0 Å². The SMILES string of the molecule is Cc1nn(C(C)c2nc(-c3cccc(N)c3C)no2)c(C)c1Br. The third-order valence-electron chi connectivity index (χ3n) is 4.02. The number of nitrogens with zero attached hydrogens (tertiary/aromatic N) is 4. The van der Waals surface area contributed by atoms with Crippen LogP contribution in [0.15, 0.2) is 27.2 Å². The Labute approximate surface area is 142 Å². The van der Waals surface area contributed by atoms with Crippen molar-refractivity contribution in [3.8, 4) is 11.4 Å². The van der Waals surface area contributed by atoms with Gasteiger partial charge < -0.3 is 10.3 Å². The number of aryl methyl sites for hydroxylation is 1. The summed E-state index contributed by atoms with van der Waals surface area (Å²) in [7, 11) is 0. The summed E-state index contributed by atoms with van der Waals surface area (Å²) in [5, 5.41) is 8.62. The van der Waals surface area contributed by atoms with Crippen LogP contribution >= 0.6 is 15.9 Å². The van der Waals surface area contributed by atoms with E-state index < -0.39 is 0 Å². The summed E-state index contributed by atoms with van der Waals surface area (Å²) in [6.45, 7) is 7.88. The van der Waals surface area contributed by atoms with E-state index >= 15 is 0 Å². The van der Waals surface area contributed by atoms with Gasteiger partial charge in [-0.2, -0.15) is 10.1 Å². The Kier molecular flexibility index (Phi) is 3.97. The van der Waals surface area contributed by atoms with Crippen LogP contribution < -0.4 is 5.73 Å². The van der Waals surface area contributed by atoms with Crippen LogP contribution in [0.1, 0.15) is 35.8 Å². The molecule has 2 heterocycles. The smallest absolute Gasteiger partial charge is 0.251 e. The lowest BCUT2D eigenvalue weighted by atomic mass is 10.1. The summed E-state index contributed by atoms with van der Waals surface area (Å²) in [6, 6.07) is 5.53. The quantitative estimate of drug-likeness (QED) is 0.703. The van der Waals surface area contributed by atoms with Gasteiger partial charge in [0.1, 0.15) is 6.04 Å². The molecule has 0 aliphatic rings. The van der Waals surface area contributed by atoms with Crippen LogP contribution in [-0.2, 0) is 0 Å². The minimum absolute atomic E-state index is 0.150. The first-order chi connectivity index (χ1) is 10.9. The highest BCUT2D eigenvalue weighted by molar-refractivity contribution is 9.10. The Morgan fingerprint density at radius 2 is 2.00 bits per heavy atom. The van der Waals surface area contributed by atoms with Crippen molar-refractivity contribution in [2.45, 2.75) is 33.7 Å². The number of nitrogens with two attached hydrogens (primary N) is 1. The van der Waals surface area contributed by atoms with Crippen molar-refractivity contribution in [1.82, 2.24) is 19.9 Å². The molecule has 6 nitrogen and oxygen atoms in total. The van der Waals surface area contributed by atoms with E-state index in [-0.39, 0.29) is 6.04 Å². The molecule has 0 saturated carbocycles. The van der Waals surface area contributed by atoms with Crippen molar-refractivity contribution in [2.24, 2.45) is 0 Å². The third kappa shape index (κ3) is 2.65. The molecule has 0 spiro atoms. The summed E-state index contributed by atoms with van der Waals surface area (Å²) in [5.74, 6) is 1.05. The molecule has 0 fully saturated rings. The molecule has 1 aromatic carbocycles. The predicted molar refractivity (Wildman–Crippen MR) is 92.1 cm³/mol. The van der Waals surface area contributed by atoms with E-state index in [1.54, 1.807) is 0 Å². The van der Waals surface area contributed by atoms with E-state index in [1.165, 1.54) is 0 Å². The number of rotatable bonds is 3. The lowest BCUT2D eigenvalue weighted by Gasteiger charge is -2.09. The summed E-state index contributed by atoms with van der Waals surface area (Å²) < 4.78 is 8.33. The zero-order valence-electron chi connectivity index (χ0n) is 13.5. The van der Waals surface area contributed by atoms with Crippen LogP contribution in [0.2, 0.25) is 0 Å². The second-order valence-electron chi connectivity index (χ2n) is 5.58. The number of hydrogen-bond acceptors (Lipinski definition) is 5. The minimum atomic E-state index is -0.150. The van der Waals surface area contributed by atoms with Gasteiger partial charge in [0.25, 0.3) is 5.89 Å². The second kappa shape index (κ2) is 5.81. The summed E-state index contributed by atoms with van der Waals surface area (Å²) in [4.78, 5) is 4.53. The van der Waals surface area contributed by atoms with E-state index in [9.17, 15) is 0 Å². The first kappa shape index (κ1) is 15.7. The topological polar surface area (TPSA) is 82.8 Å². The molecule has 2 aromatic heterocycles. The standard InChI is InChI=1S/C16H18BrN5O/c1-8-12(6-5-7-13(8)18)15-19-16(23-21-15)11(4)22-10(3)14(17)9(2)20-22/h5-7,11H,18H2,1-4H3. The van der Waals surface area contributed by atoms with Crippen molar-refractivity contribution in [3.63, 3.8) is 0 Å². The van der Waals surface area contributed by atoms with Crippen molar-refractivity contribution >= 4 is 21.6 Å². The van der Waals surface area contributed by atoms with E-state index in [4.69, 9.17) is 10.3 Å².